The molecule has 0 spiro atoms. The summed E-state index contributed by atoms with van der Waals surface area (Å²) in [7, 11) is 0. The van der Waals surface area contributed by atoms with Crippen LogP contribution in [0.1, 0.15) is 114 Å². The van der Waals surface area contributed by atoms with E-state index in [1.165, 1.54) is 25.7 Å². The molecule has 0 aromatic heterocycles. The van der Waals surface area contributed by atoms with Crippen LogP contribution in [0, 0.1) is 29.4 Å². The molecule has 3 aliphatic rings. The summed E-state index contributed by atoms with van der Waals surface area (Å²) in [5.41, 5.74) is 2.17. The van der Waals surface area contributed by atoms with Crippen molar-refractivity contribution in [1.82, 2.24) is 0 Å². The van der Waals surface area contributed by atoms with Crippen molar-refractivity contribution < 1.29 is 13.5 Å². The second kappa shape index (κ2) is 10.8. The Kier molecular flexibility index (Phi) is 8.06. The Bertz CT molecular complexity index is 730. The van der Waals surface area contributed by atoms with Gasteiger partial charge >= 0.3 is 0 Å². The summed E-state index contributed by atoms with van der Waals surface area (Å²) in [4.78, 5) is 0. The van der Waals surface area contributed by atoms with Crippen molar-refractivity contribution in [2.45, 2.75) is 116 Å². The maximum Gasteiger partial charge on any atom is 0.133 e. The average molecular weight is 433 g/mol. The summed E-state index contributed by atoms with van der Waals surface area (Å²) in [5.74, 6) is 1.45. The second-order valence-electron chi connectivity index (χ2n) is 10.6. The fourth-order valence-electron chi connectivity index (χ4n) is 6.70. The number of rotatable bonds is 8. The molecule has 0 radical (unpaired) electrons. The van der Waals surface area contributed by atoms with Crippen LogP contribution >= 0.6 is 0 Å². The average Bonchev–Trinajstić information content (AvgIpc) is 2.78. The van der Waals surface area contributed by atoms with Gasteiger partial charge < -0.3 is 4.74 Å². The van der Waals surface area contributed by atoms with Crippen LogP contribution in [0.3, 0.4) is 0 Å². The summed E-state index contributed by atoms with van der Waals surface area (Å²) in [6.07, 6.45) is 15.6. The summed E-state index contributed by atoms with van der Waals surface area (Å²) in [5, 5.41) is 0. The lowest BCUT2D eigenvalue weighted by Crippen LogP contribution is -2.34. The van der Waals surface area contributed by atoms with E-state index >= 15 is 8.78 Å². The maximum atomic E-state index is 15.5. The molecule has 5 atom stereocenters. The fourth-order valence-corrected chi connectivity index (χ4v) is 6.70. The predicted octanol–water partition coefficient (Wildman–Crippen LogP) is 8.13. The third-order valence-electron chi connectivity index (χ3n) is 8.66. The van der Waals surface area contributed by atoms with Crippen molar-refractivity contribution in [3.05, 3.63) is 34.4 Å². The van der Waals surface area contributed by atoms with Gasteiger partial charge in [0, 0.05) is 12.2 Å². The largest absolute Gasteiger partial charge is 0.378 e. The first kappa shape index (κ1) is 23.2. The van der Waals surface area contributed by atoms with Crippen molar-refractivity contribution in [3.63, 3.8) is 0 Å². The molecule has 0 aliphatic heterocycles. The third kappa shape index (κ3) is 5.34. The van der Waals surface area contributed by atoms with Crippen molar-refractivity contribution in [3.8, 4) is 0 Å². The summed E-state index contributed by atoms with van der Waals surface area (Å²) >= 11 is 0. The van der Waals surface area contributed by atoms with Gasteiger partial charge in [0.25, 0.3) is 0 Å². The Balaban J connectivity index is 1.36. The SMILES string of the molecule is CCCCCCOC1CCC2CC(c3c(F)cc4c(c3F)CCC(CC)C4)CCC2C1. The molecule has 0 bridgehead atoms. The number of halogens is 2. The van der Waals surface area contributed by atoms with Crippen LogP contribution in [0.4, 0.5) is 8.78 Å². The summed E-state index contributed by atoms with van der Waals surface area (Å²) < 4.78 is 36.8. The number of hydrogen-bond acceptors (Lipinski definition) is 1. The van der Waals surface area contributed by atoms with Gasteiger partial charge in [0.05, 0.1) is 6.10 Å². The van der Waals surface area contributed by atoms with E-state index in [0.29, 0.717) is 29.4 Å². The molecule has 3 heteroatoms. The van der Waals surface area contributed by atoms with E-state index < -0.39 is 0 Å². The first-order valence-corrected chi connectivity index (χ1v) is 13.2. The molecule has 1 aromatic carbocycles. The van der Waals surface area contributed by atoms with Crippen LogP contribution < -0.4 is 0 Å². The summed E-state index contributed by atoms with van der Waals surface area (Å²) in [6.45, 7) is 5.32. The minimum absolute atomic E-state index is 0.0574. The van der Waals surface area contributed by atoms with Gasteiger partial charge in [0.2, 0.25) is 0 Å². The van der Waals surface area contributed by atoms with E-state index in [0.717, 1.165) is 81.9 Å². The normalized spacial score (nSPS) is 30.6. The Labute approximate surface area is 188 Å². The van der Waals surface area contributed by atoms with Crippen LogP contribution in [0.2, 0.25) is 0 Å². The zero-order valence-electron chi connectivity index (χ0n) is 19.7. The van der Waals surface area contributed by atoms with E-state index in [1.807, 2.05) is 0 Å². The molecule has 31 heavy (non-hydrogen) atoms. The van der Waals surface area contributed by atoms with E-state index in [4.69, 9.17) is 4.74 Å². The van der Waals surface area contributed by atoms with Crippen molar-refractivity contribution in [1.29, 1.82) is 0 Å². The lowest BCUT2D eigenvalue weighted by Gasteiger charge is -2.42. The van der Waals surface area contributed by atoms with Crippen molar-refractivity contribution >= 4 is 0 Å². The minimum atomic E-state index is -0.277. The van der Waals surface area contributed by atoms with Gasteiger partial charge in [-0.3, -0.25) is 0 Å². The van der Waals surface area contributed by atoms with Gasteiger partial charge in [-0.15, -0.1) is 0 Å². The second-order valence-corrected chi connectivity index (χ2v) is 10.6. The molecule has 0 amide bonds. The molecule has 4 rings (SSSR count). The molecule has 0 saturated heterocycles. The van der Waals surface area contributed by atoms with Gasteiger partial charge in [-0.2, -0.15) is 0 Å². The van der Waals surface area contributed by atoms with E-state index in [-0.39, 0.29) is 17.6 Å². The zero-order valence-corrected chi connectivity index (χ0v) is 19.7. The molecule has 5 unspecified atom stereocenters. The van der Waals surface area contributed by atoms with Crippen LogP contribution in [0.25, 0.3) is 0 Å². The van der Waals surface area contributed by atoms with E-state index in [1.54, 1.807) is 6.07 Å². The molecule has 0 N–H and O–H groups in total. The zero-order chi connectivity index (χ0) is 21.8. The van der Waals surface area contributed by atoms with Gasteiger partial charge in [-0.05, 0) is 105 Å². The Morgan fingerprint density at radius 2 is 1.74 bits per heavy atom. The molecule has 0 heterocycles. The number of benzene rings is 1. The quantitative estimate of drug-likeness (QED) is 0.377. The molecule has 2 saturated carbocycles. The standard InChI is InChI=1S/C28H42F2O/c1-3-5-6-7-14-31-24-12-11-20-16-22(10-9-21(20)17-24)27-26(29)18-23-15-19(4-2)8-13-25(23)28(27)30/h18-22,24H,3-17H2,1-2H3. The topological polar surface area (TPSA) is 9.23 Å². The van der Waals surface area contributed by atoms with Crippen LogP contribution in [-0.4, -0.2) is 12.7 Å². The first-order chi connectivity index (χ1) is 15.1. The Hall–Kier alpha value is -0.960. The molecule has 2 fully saturated rings. The molecular formula is C28H42F2O. The number of hydrogen-bond donors (Lipinski definition) is 0. The molecule has 1 aromatic rings. The van der Waals surface area contributed by atoms with E-state index in [9.17, 15) is 0 Å². The van der Waals surface area contributed by atoms with Gasteiger partial charge in [-0.1, -0.05) is 39.5 Å². The third-order valence-corrected chi connectivity index (χ3v) is 8.66. The van der Waals surface area contributed by atoms with Gasteiger partial charge in [0.15, 0.2) is 0 Å². The monoisotopic (exact) mass is 432 g/mol. The fraction of sp³-hybridized carbons (Fsp3) is 0.786. The number of unbranched alkanes of at least 4 members (excludes halogenated alkanes) is 3. The van der Waals surface area contributed by atoms with Crippen LogP contribution in [0.15, 0.2) is 6.07 Å². The smallest absolute Gasteiger partial charge is 0.133 e. The lowest BCUT2D eigenvalue weighted by atomic mass is 9.65. The number of fused-ring (bicyclic) bond motifs is 2. The summed E-state index contributed by atoms with van der Waals surface area (Å²) in [6, 6.07) is 1.69. The molecule has 1 nitrogen and oxygen atoms in total. The maximum absolute atomic E-state index is 15.5. The Morgan fingerprint density at radius 3 is 2.55 bits per heavy atom. The highest BCUT2D eigenvalue weighted by Gasteiger charge is 2.38. The first-order valence-electron chi connectivity index (χ1n) is 13.2. The molecule has 174 valence electrons. The van der Waals surface area contributed by atoms with Crippen molar-refractivity contribution in [2.24, 2.45) is 17.8 Å². The van der Waals surface area contributed by atoms with Crippen LogP contribution in [0.5, 0.6) is 0 Å². The van der Waals surface area contributed by atoms with Crippen molar-refractivity contribution in [2.75, 3.05) is 6.61 Å². The Morgan fingerprint density at radius 1 is 0.935 bits per heavy atom. The van der Waals surface area contributed by atoms with E-state index in [2.05, 4.69) is 13.8 Å². The molecule has 3 aliphatic carbocycles. The highest BCUT2D eigenvalue weighted by molar-refractivity contribution is 5.39. The van der Waals surface area contributed by atoms with Crippen LogP contribution in [-0.2, 0) is 17.6 Å². The molecular weight excluding hydrogens is 390 g/mol. The minimum Gasteiger partial charge on any atom is -0.378 e. The number of ether oxygens (including phenoxy) is 1. The highest BCUT2D eigenvalue weighted by atomic mass is 19.1. The highest BCUT2D eigenvalue weighted by Crippen LogP contribution is 2.48. The van der Waals surface area contributed by atoms with Gasteiger partial charge in [-0.25, -0.2) is 8.78 Å². The predicted molar refractivity (Wildman–Crippen MR) is 123 cm³/mol. The lowest BCUT2D eigenvalue weighted by molar-refractivity contribution is -0.0166. The van der Waals surface area contributed by atoms with Gasteiger partial charge in [0.1, 0.15) is 11.6 Å².